The first-order valence-electron chi connectivity index (χ1n) is 10.6. The summed E-state index contributed by atoms with van der Waals surface area (Å²) in [5.41, 5.74) is 3.17. The van der Waals surface area contributed by atoms with Crippen LogP contribution in [0.1, 0.15) is 33.2 Å². The van der Waals surface area contributed by atoms with Crippen LogP contribution in [-0.2, 0) is 27.2 Å². The molecule has 168 valence electrons. The third-order valence-electron chi connectivity index (χ3n) is 5.43. The van der Waals surface area contributed by atoms with Crippen LogP contribution in [0.15, 0.2) is 78.9 Å². The van der Waals surface area contributed by atoms with Crippen molar-refractivity contribution in [3.8, 4) is 5.75 Å². The Labute approximate surface area is 191 Å². The molecule has 33 heavy (non-hydrogen) atoms. The number of ether oxygens (including phenoxy) is 2. The van der Waals surface area contributed by atoms with Crippen LogP contribution in [0.25, 0.3) is 0 Å². The second-order valence-electron chi connectivity index (χ2n) is 7.76. The molecule has 2 N–H and O–H groups in total. The Balaban J connectivity index is 1.31. The minimum atomic E-state index is -1.11. The second-order valence-corrected chi connectivity index (χ2v) is 7.76. The number of cyclic esters (lactones) is 1. The molecule has 1 heterocycles. The molecular weight excluding hydrogens is 422 g/mol. The van der Waals surface area contributed by atoms with Crippen LogP contribution < -0.4 is 10.1 Å². The minimum absolute atomic E-state index is 0.180. The highest BCUT2D eigenvalue weighted by molar-refractivity contribution is 5.92. The van der Waals surface area contributed by atoms with Gasteiger partial charge in [0.1, 0.15) is 17.9 Å². The molecule has 0 saturated heterocycles. The zero-order valence-corrected chi connectivity index (χ0v) is 17.8. The van der Waals surface area contributed by atoms with Crippen LogP contribution in [0.2, 0.25) is 0 Å². The molecule has 2 atom stereocenters. The van der Waals surface area contributed by atoms with Crippen molar-refractivity contribution in [1.82, 2.24) is 5.32 Å². The zero-order valence-electron chi connectivity index (χ0n) is 17.8. The Bertz CT molecular complexity index is 1140. The highest BCUT2D eigenvalue weighted by atomic mass is 16.5. The van der Waals surface area contributed by atoms with E-state index in [4.69, 9.17) is 9.47 Å². The first kappa shape index (κ1) is 22.1. The minimum Gasteiger partial charge on any atom is -0.484 e. The molecule has 1 aliphatic heterocycles. The van der Waals surface area contributed by atoms with Gasteiger partial charge < -0.3 is 19.9 Å². The fourth-order valence-corrected chi connectivity index (χ4v) is 3.73. The van der Waals surface area contributed by atoms with Crippen molar-refractivity contribution in [3.05, 3.63) is 101 Å². The molecule has 0 radical (unpaired) electrons. The SMILES string of the molecule is O=C(COc1ccc([C@@H]2Cc3ccccc3C(=O)O2)cc1)N[C@H](Cc1ccccc1)C(=O)O. The number of fused-ring (bicyclic) bond motifs is 1. The molecule has 1 aliphatic rings. The molecule has 3 aromatic carbocycles. The van der Waals surface area contributed by atoms with Gasteiger partial charge in [0, 0.05) is 12.8 Å². The molecule has 1 amide bonds. The summed E-state index contributed by atoms with van der Waals surface area (Å²) in [4.78, 5) is 36.0. The molecule has 0 unspecified atom stereocenters. The molecule has 7 heteroatoms. The number of rotatable bonds is 8. The van der Waals surface area contributed by atoms with E-state index < -0.39 is 17.9 Å². The van der Waals surface area contributed by atoms with Gasteiger partial charge in [-0.25, -0.2) is 9.59 Å². The van der Waals surface area contributed by atoms with E-state index in [9.17, 15) is 19.5 Å². The fraction of sp³-hybridized carbons (Fsp3) is 0.192. The van der Waals surface area contributed by atoms with E-state index in [1.807, 2.05) is 48.5 Å². The van der Waals surface area contributed by atoms with Gasteiger partial charge >= 0.3 is 11.9 Å². The van der Waals surface area contributed by atoms with Crippen molar-refractivity contribution in [3.63, 3.8) is 0 Å². The molecule has 0 aromatic heterocycles. The number of carbonyl (C=O) groups is 3. The third kappa shape index (κ3) is 5.57. The highest BCUT2D eigenvalue weighted by Gasteiger charge is 2.27. The number of esters is 1. The van der Waals surface area contributed by atoms with Crippen molar-refractivity contribution in [2.24, 2.45) is 0 Å². The van der Waals surface area contributed by atoms with E-state index in [1.165, 1.54) is 0 Å². The Kier molecular flexibility index (Phi) is 6.69. The first-order chi connectivity index (χ1) is 16.0. The smallest absolute Gasteiger partial charge is 0.339 e. The van der Waals surface area contributed by atoms with Gasteiger partial charge in [-0.2, -0.15) is 0 Å². The number of carboxylic acid groups (broad SMARTS) is 1. The van der Waals surface area contributed by atoms with Crippen molar-refractivity contribution in [2.45, 2.75) is 25.0 Å². The maximum absolute atomic E-state index is 12.2. The summed E-state index contributed by atoms with van der Waals surface area (Å²) < 4.78 is 11.1. The average molecular weight is 445 g/mol. The van der Waals surface area contributed by atoms with Gasteiger partial charge in [-0.3, -0.25) is 4.79 Å². The monoisotopic (exact) mass is 445 g/mol. The number of carboxylic acids is 1. The summed E-state index contributed by atoms with van der Waals surface area (Å²) in [6.07, 6.45) is 0.376. The summed E-state index contributed by atoms with van der Waals surface area (Å²) in [6, 6.07) is 22.4. The second kappa shape index (κ2) is 9.99. The molecule has 4 rings (SSSR count). The molecule has 0 spiro atoms. The lowest BCUT2D eigenvalue weighted by atomic mass is 9.95. The number of aliphatic carboxylic acids is 1. The first-order valence-corrected chi connectivity index (χ1v) is 10.6. The van der Waals surface area contributed by atoms with Crippen molar-refractivity contribution >= 4 is 17.8 Å². The lowest BCUT2D eigenvalue weighted by molar-refractivity contribution is -0.142. The van der Waals surface area contributed by atoms with Crippen molar-refractivity contribution in [1.29, 1.82) is 0 Å². The van der Waals surface area contributed by atoms with Gasteiger partial charge in [0.15, 0.2) is 6.61 Å². The van der Waals surface area contributed by atoms with Gasteiger partial charge in [0.05, 0.1) is 5.56 Å². The zero-order chi connectivity index (χ0) is 23.2. The largest absolute Gasteiger partial charge is 0.484 e. The number of nitrogens with one attached hydrogen (secondary N) is 1. The van der Waals surface area contributed by atoms with Gasteiger partial charge in [0.2, 0.25) is 0 Å². The van der Waals surface area contributed by atoms with E-state index >= 15 is 0 Å². The Morgan fingerprint density at radius 3 is 2.42 bits per heavy atom. The molecule has 0 saturated carbocycles. The molecule has 0 fully saturated rings. The Morgan fingerprint density at radius 1 is 1.00 bits per heavy atom. The average Bonchev–Trinajstić information content (AvgIpc) is 2.83. The predicted molar refractivity (Wildman–Crippen MR) is 120 cm³/mol. The molecule has 0 aliphatic carbocycles. The summed E-state index contributed by atoms with van der Waals surface area (Å²) in [6.45, 7) is -0.316. The van der Waals surface area contributed by atoms with Gasteiger partial charge in [-0.05, 0) is 34.9 Å². The van der Waals surface area contributed by atoms with Gasteiger partial charge in [-0.15, -0.1) is 0 Å². The van der Waals surface area contributed by atoms with E-state index in [0.29, 0.717) is 17.7 Å². The standard InChI is InChI=1S/C26H23NO6/c28-24(27-22(25(29)30)14-17-6-2-1-3-7-17)16-32-20-12-10-18(11-13-20)23-15-19-8-4-5-9-21(19)26(31)33-23/h1-13,22-23H,14-16H2,(H,27,28)(H,29,30)/t22-,23+/m1/s1. The lowest BCUT2D eigenvalue weighted by Gasteiger charge is -2.25. The van der Waals surface area contributed by atoms with Crippen molar-refractivity contribution < 1.29 is 29.0 Å². The van der Waals surface area contributed by atoms with Gasteiger partial charge in [-0.1, -0.05) is 60.7 Å². The van der Waals surface area contributed by atoms with Crippen LogP contribution in [0.5, 0.6) is 5.75 Å². The molecular formula is C26H23NO6. The number of hydrogen-bond donors (Lipinski definition) is 2. The van der Waals surface area contributed by atoms with Crippen LogP contribution in [-0.4, -0.2) is 35.6 Å². The summed E-state index contributed by atoms with van der Waals surface area (Å²) in [5, 5.41) is 11.9. The van der Waals surface area contributed by atoms with E-state index in [2.05, 4.69) is 5.32 Å². The Morgan fingerprint density at radius 2 is 1.70 bits per heavy atom. The summed E-state index contributed by atoms with van der Waals surface area (Å²) >= 11 is 0. The fourth-order valence-electron chi connectivity index (χ4n) is 3.73. The molecule has 7 nitrogen and oxygen atoms in total. The normalized spacial score (nSPS) is 15.6. The lowest BCUT2D eigenvalue weighted by Crippen LogP contribution is -2.44. The van der Waals surface area contributed by atoms with Crippen LogP contribution in [0.3, 0.4) is 0 Å². The predicted octanol–water partition coefficient (Wildman–Crippen LogP) is 3.33. The van der Waals surface area contributed by atoms with E-state index in [0.717, 1.165) is 16.7 Å². The van der Waals surface area contributed by atoms with Crippen molar-refractivity contribution in [2.75, 3.05) is 6.61 Å². The van der Waals surface area contributed by atoms with Crippen LogP contribution >= 0.6 is 0 Å². The topological polar surface area (TPSA) is 102 Å². The summed E-state index contributed by atoms with van der Waals surface area (Å²) in [7, 11) is 0. The maximum Gasteiger partial charge on any atom is 0.339 e. The molecule has 3 aromatic rings. The number of benzene rings is 3. The number of amides is 1. The maximum atomic E-state index is 12.2. The number of carbonyl (C=O) groups excluding carboxylic acids is 2. The van der Waals surface area contributed by atoms with E-state index in [1.54, 1.807) is 30.3 Å². The van der Waals surface area contributed by atoms with Gasteiger partial charge in [0.25, 0.3) is 5.91 Å². The third-order valence-corrected chi connectivity index (χ3v) is 5.43. The summed E-state index contributed by atoms with van der Waals surface area (Å²) in [5.74, 6) is -1.53. The highest BCUT2D eigenvalue weighted by Crippen LogP contribution is 2.31. The number of hydrogen-bond acceptors (Lipinski definition) is 5. The quantitative estimate of drug-likeness (QED) is 0.516. The van der Waals surface area contributed by atoms with Crippen LogP contribution in [0.4, 0.5) is 0 Å². The molecule has 0 bridgehead atoms. The van der Waals surface area contributed by atoms with Crippen LogP contribution in [0, 0.1) is 0 Å². The van der Waals surface area contributed by atoms with E-state index in [-0.39, 0.29) is 25.1 Å². The Hall–Kier alpha value is -4.13.